The van der Waals surface area contributed by atoms with Crippen LogP contribution in [-0.4, -0.2) is 62.0 Å². The second-order valence-corrected chi connectivity index (χ2v) is 10.6. The van der Waals surface area contributed by atoms with E-state index in [1.165, 1.54) is 17.1 Å². The number of nitrogens with zero attached hydrogens (tertiary/aromatic N) is 2. The van der Waals surface area contributed by atoms with Crippen molar-refractivity contribution >= 4 is 21.8 Å². The summed E-state index contributed by atoms with van der Waals surface area (Å²) in [5.74, 6) is 0.544. The fourth-order valence-corrected chi connectivity index (χ4v) is 6.23. The van der Waals surface area contributed by atoms with Crippen LogP contribution in [0.4, 0.5) is 10.5 Å². The largest absolute Gasteiger partial charge is 0.488 e. The van der Waals surface area contributed by atoms with Crippen LogP contribution in [0.15, 0.2) is 54.6 Å². The first kappa shape index (κ1) is 23.4. The highest BCUT2D eigenvalue weighted by Crippen LogP contribution is 2.33. The van der Waals surface area contributed by atoms with Crippen molar-refractivity contribution in [3.05, 3.63) is 60.2 Å². The first-order chi connectivity index (χ1) is 15.9. The minimum atomic E-state index is -3.65. The molecule has 1 unspecified atom stereocenters. The zero-order chi connectivity index (χ0) is 23.3. The summed E-state index contributed by atoms with van der Waals surface area (Å²) >= 11 is 0. The minimum Gasteiger partial charge on any atom is -0.488 e. The van der Waals surface area contributed by atoms with Crippen molar-refractivity contribution in [2.24, 2.45) is 0 Å². The first-order valence-electron chi connectivity index (χ1n) is 11.5. The van der Waals surface area contributed by atoms with Gasteiger partial charge in [-0.25, -0.2) is 17.5 Å². The van der Waals surface area contributed by atoms with Crippen molar-refractivity contribution in [3.63, 3.8) is 0 Å². The van der Waals surface area contributed by atoms with Gasteiger partial charge < -0.3 is 20.1 Å². The second-order valence-electron chi connectivity index (χ2n) is 8.57. The molecule has 0 spiro atoms. The molecule has 0 saturated carbocycles. The van der Waals surface area contributed by atoms with Gasteiger partial charge in [0.2, 0.25) is 10.0 Å². The molecule has 178 valence electrons. The summed E-state index contributed by atoms with van der Waals surface area (Å²) in [6, 6.07) is 16.0. The molecule has 0 radical (unpaired) electrons. The van der Waals surface area contributed by atoms with Crippen molar-refractivity contribution in [2.75, 3.05) is 36.8 Å². The predicted molar refractivity (Wildman–Crippen MR) is 127 cm³/mol. The third kappa shape index (κ3) is 5.97. The number of ether oxygens (including phenoxy) is 1. The number of para-hydroxylation sites is 2. The van der Waals surface area contributed by atoms with Gasteiger partial charge in [-0.15, -0.1) is 0 Å². The van der Waals surface area contributed by atoms with Gasteiger partial charge in [0.05, 0.1) is 17.5 Å². The third-order valence-corrected chi connectivity index (χ3v) is 8.18. The molecule has 2 aliphatic heterocycles. The van der Waals surface area contributed by atoms with Crippen molar-refractivity contribution in [1.29, 1.82) is 0 Å². The number of nitrogens with one attached hydrogen (secondary N) is 1. The standard InChI is InChI=1S/C24H31N3O5S/c28-24(29)25-21(19-8-2-1-3-9-19)18-33(30,31)27-16-12-20(13-17-27)32-23-11-5-4-10-22(23)26-14-6-7-15-26/h1-5,8-11,20-21,25H,6-7,12-18H2,(H,28,29). The van der Waals surface area contributed by atoms with Crippen LogP contribution in [0.1, 0.15) is 37.3 Å². The SMILES string of the molecule is O=C(O)NC(CS(=O)(=O)N1CCC(Oc2ccccc2N2CCCC2)CC1)c1ccccc1. The Kier molecular flexibility index (Phi) is 7.39. The molecular weight excluding hydrogens is 442 g/mol. The van der Waals surface area contributed by atoms with E-state index in [1.807, 2.05) is 24.3 Å². The Morgan fingerprint density at radius 3 is 2.30 bits per heavy atom. The van der Waals surface area contributed by atoms with Gasteiger partial charge in [-0.1, -0.05) is 42.5 Å². The Morgan fingerprint density at radius 2 is 1.64 bits per heavy atom. The molecule has 2 heterocycles. The zero-order valence-electron chi connectivity index (χ0n) is 18.6. The fraction of sp³-hybridized carbons (Fsp3) is 0.458. The lowest BCUT2D eigenvalue weighted by Crippen LogP contribution is -2.45. The smallest absolute Gasteiger partial charge is 0.405 e. The maximum atomic E-state index is 13.1. The highest BCUT2D eigenvalue weighted by atomic mass is 32.2. The molecule has 33 heavy (non-hydrogen) atoms. The molecule has 4 rings (SSSR count). The quantitative estimate of drug-likeness (QED) is 0.609. The summed E-state index contributed by atoms with van der Waals surface area (Å²) < 4.78 is 33.9. The van der Waals surface area contributed by atoms with Crippen LogP contribution < -0.4 is 15.0 Å². The highest BCUT2D eigenvalue weighted by Gasteiger charge is 2.32. The monoisotopic (exact) mass is 473 g/mol. The number of anilines is 1. The number of piperidine rings is 1. The number of sulfonamides is 1. The van der Waals surface area contributed by atoms with Crippen molar-refractivity contribution in [2.45, 2.75) is 37.8 Å². The number of rotatable bonds is 8. The van der Waals surface area contributed by atoms with E-state index in [0.717, 1.165) is 24.5 Å². The van der Waals surface area contributed by atoms with Crippen LogP contribution in [-0.2, 0) is 10.0 Å². The molecule has 1 amide bonds. The van der Waals surface area contributed by atoms with Gasteiger partial charge in [0.25, 0.3) is 0 Å². The average Bonchev–Trinajstić information content (AvgIpc) is 3.34. The Balaban J connectivity index is 1.37. The molecule has 0 bridgehead atoms. The van der Waals surface area contributed by atoms with Gasteiger partial charge in [-0.2, -0.15) is 0 Å². The van der Waals surface area contributed by atoms with Gasteiger partial charge in [-0.05, 0) is 43.4 Å². The summed E-state index contributed by atoms with van der Waals surface area (Å²) in [6.45, 7) is 2.77. The Labute approximate surface area is 195 Å². The van der Waals surface area contributed by atoms with E-state index in [1.54, 1.807) is 24.3 Å². The van der Waals surface area contributed by atoms with E-state index in [2.05, 4.69) is 16.3 Å². The lowest BCUT2D eigenvalue weighted by atomic mass is 10.1. The topological polar surface area (TPSA) is 99.2 Å². The fourth-order valence-electron chi connectivity index (χ4n) is 4.56. The van der Waals surface area contributed by atoms with E-state index in [9.17, 15) is 18.3 Å². The van der Waals surface area contributed by atoms with E-state index >= 15 is 0 Å². The summed E-state index contributed by atoms with van der Waals surface area (Å²) in [7, 11) is -3.65. The van der Waals surface area contributed by atoms with Crippen molar-refractivity contribution < 1.29 is 23.1 Å². The minimum absolute atomic E-state index is 0.0535. The number of hydrogen-bond acceptors (Lipinski definition) is 5. The Morgan fingerprint density at radius 1 is 1.00 bits per heavy atom. The number of hydrogen-bond donors (Lipinski definition) is 2. The lowest BCUT2D eigenvalue weighted by Gasteiger charge is -2.33. The molecule has 0 aromatic heterocycles. The van der Waals surface area contributed by atoms with Crippen LogP contribution in [0.25, 0.3) is 0 Å². The van der Waals surface area contributed by atoms with Crippen LogP contribution in [0.5, 0.6) is 5.75 Å². The number of benzene rings is 2. The molecule has 2 aromatic rings. The maximum Gasteiger partial charge on any atom is 0.405 e. The molecule has 2 aliphatic rings. The first-order valence-corrected chi connectivity index (χ1v) is 13.1. The number of carboxylic acid groups (broad SMARTS) is 1. The summed E-state index contributed by atoms with van der Waals surface area (Å²) in [6.07, 6.45) is 2.26. The molecule has 1 atom stereocenters. The van der Waals surface area contributed by atoms with Gasteiger partial charge in [0.1, 0.15) is 11.9 Å². The molecule has 2 fully saturated rings. The predicted octanol–water partition coefficient (Wildman–Crippen LogP) is 3.47. The van der Waals surface area contributed by atoms with Crippen LogP contribution in [0, 0.1) is 0 Å². The van der Waals surface area contributed by atoms with E-state index in [0.29, 0.717) is 31.5 Å². The molecule has 2 N–H and O–H groups in total. The van der Waals surface area contributed by atoms with Crippen LogP contribution >= 0.6 is 0 Å². The zero-order valence-corrected chi connectivity index (χ0v) is 19.4. The number of amides is 1. The molecule has 9 heteroatoms. The average molecular weight is 474 g/mol. The normalized spacial score (nSPS) is 18.7. The van der Waals surface area contributed by atoms with E-state index in [4.69, 9.17) is 4.74 Å². The van der Waals surface area contributed by atoms with Crippen molar-refractivity contribution in [3.8, 4) is 5.75 Å². The number of carbonyl (C=O) groups is 1. The summed E-state index contributed by atoms with van der Waals surface area (Å²) in [5, 5.41) is 11.5. The van der Waals surface area contributed by atoms with Gasteiger partial charge in [0.15, 0.2) is 0 Å². The Bertz CT molecular complexity index is 1030. The molecule has 8 nitrogen and oxygen atoms in total. The van der Waals surface area contributed by atoms with Crippen molar-refractivity contribution in [1.82, 2.24) is 9.62 Å². The summed E-state index contributed by atoms with van der Waals surface area (Å²) in [4.78, 5) is 13.6. The maximum absolute atomic E-state index is 13.1. The summed E-state index contributed by atoms with van der Waals surface area (Å²) in [5.41, 5.74) is 1.73. The third-order valence-electron chi connectivity index (χ3n) is 6.28. The second kappa shape index (κ2) is 10.4. The molecule has 2 aromatic carbocycles. The van der Waals surface area contributed by atoms with Crippen LogP contribution in [0.3, 0.4) is 0 Å². The molecular formula is C24H31N3O5S. The van der Waals surface area contributed by atoms with Gasteiger partial charge in [0, 0.05) is 26.2 Å². The van der Waals surface area contributed by atoms with Crippen LogP contribution in [0.2, 0.25) is 0 Å². The molecule has 0 aliphatic carbocycles. The molecule has 2 saturated heterocycles. The van der Waals surface area contributed by atoms with Gasteiger partial charge in [-0.3, -0.25) is 0 Å². The Hall–Kier alpha value is -2.78. The van der Waals surface area contributed by atoms with Gasteiger partial charge >= 0.3 is 6.09 Å². The van der Waals surface area contributed by atoms with E-state index < -0.39 is 22.2 Å². The lowest BCUT2D eigenvalue weighted by molar-refractivity contribution is 0.135. The highest BCUT2D eigenvalue weighted by molar-refractivity contribution is 7.89. The van der Waals surface area contributed by atoms with E-state index in [-0.39, 0.29) is 11.9 Å².